The Kier molecular flexibility index (Phi) is 7.76. The number of carbonyl (C=O) groups excluding carboxylic acids is 2. The lowest BCUT2D eigenvalue weighted by Crippen LogP contribution is -2.38. The number of rotatable bonds is 9. The molecule has 1 saturated heterocycles. The van der Waals surface area contributed by atoms with E-state index in [4.69, 9.17) is 9.47 Å². The number of ether oxygens (including phenoxy) is 2. The lowest BCUT2D eigenvalue weighted by molar-refractivity contribution is -0.143. The zero-order valence-corrected chi connectivity index (χ0v) is 16.5. The van der Waals surface area contributed by atoms with Gasteiger partial charge in [-0.1, -0.05) is 0 Å². The van der Waals surface area contributed by atoms with E-state index in [-0.39, 0.29) is 37.1 Å². The van der Waals surface area contributed by atoms with Gasteiger partial charge in [-0.05, 0) is 44.0 Å². The third-order valence-corrected chi connectivity index (χ3v) is 6.19. The van der Waals surface area contributed by atoms with E-state index in [2.05, 4.69) is 0 Å². The number of carbonyl (C=O) groups is 2. The van der Waals surface area contributed by atoms with Gasteiger partial charge in [-0.2, -0.15) is 4.31 Å². The molecule has 8 nitrogen and oxygen atoms in total. The lowest BCUT2D eigenvalue weighted by atomic mass is 10.2. The molecule has 0 aliphatic carbocycles. The summed E-state index contributed by atoms with van der Waals surface area (Å²) in [6.45, 7) is 3.27. The van der Waals surface area contributed by atoms with E-state index in [1.54, 1.807) is 6.92 Å². The summed E-state index contributed by atoms with van der Waals surface area (Å²) >= 11 is 0. The van der Waals surface area contributed by atoms with Gasteiger partial charge in [-0.25, -0.2) is 8.42 Å². The monoisotopic (exact) mass is 398 g/mol. The molecule has 0 unspecified atom stereocenters. The SMILES string of the molecule is CCOC(=O)CN(CCOC)C(=O)c1ccc(S(=O)(=O)N2CCCC2)cc1. The van der Waals surface area contributed by atoms with Crippen LogP contribution in [-0.4, -0.2) is 76.0 Å². The lowest BCUT2D eigenvalue weighted by Gasteiger charge is -2.21. The number of hydrogen-bond donors (Lipinski definition) is 0. The molecule has 0 atom stereocenters. The number of methoxy groups -OCH3 is 1. The van der Waals surface area contributed by atoms with Crippen LogP contribution in [0.5, 0.6) is 0 Å². The van der Waals surface area contributed by atoms with Gasteiger partial charge in [0.05, 0.1) is 18.1 Å². The van der Waals surface area contributed by atoms with Gasteiger partial charge in [0.1, 0.15) is 6.54 Å². The fourth-order valence-electron chi connectivity index (χ4n) is 2.85. The van der Waals surface area contributed by atoms with Crippen LogP contribution in [0.1, 0.15) is 30.1 Å². The third kappa shape index (κ3) is 5.50. The number of nitrogens with zero attached hydrogens (tertiary/aromatic N) is 2. The van der Waals surface area contributed by atoms with Crippen LogP contribution in [0.2, 0.25) is 0 Å². The maximum Gasteiger partial charge on any atom is 0.325 e. The minimum atomic E-state index is -3.53. The zero-order chi connectivity index (χ0) is 19.9. The Labute approximate surface area is 160 Å². The Morgan fingerprint density at radius 2 is 1.78 bits per heavy atom. The van der Waals surface area contributed by atoms with Crippen molar-refractivity contribution in [2.45, 2.75) is 24.7 Å². The molecule has 1 heterocycles. The largest absolute Gasteiger partial charge is 0.465 e. The van der Waals surface area contributed by atoms with Crippen molar-refractivity contribution in [3.63, 3.8) is 0 Å². The molecule has 0 saturated carbocycles. The first-order chi connectivity index (χ1) is 12.9. The highest BCUT2D eigenvalue weighted by Crippen LogP contribution is 2.21. The standard InChI is InChI=1S/C18H26N2O6S/c1-3-26-17(21)14-19(12-13-25-2)18(22)15-6-8-16(9-7-15)27(23,24)20-10-4-5-11-20/h6-9H,3-5,10-14H2,1-2H3. The second-order valence-electron chi connectivity index (χ2n) is 6.16. The first kappa shape index (κ1) is 21.3. The molecule has 1 aromatic carbocycles. The topological polar surface area (TPSA) is 93.2 Å². The first-order valence-electron chi connectivity index (χ1n) is 8.94. The molecule has 9 heteroatoms. The fourth-order valence-corrected chi connectivity index (χ4v) is 4.36. The van der Waals surface area contributed by atoms with Crippen LogP contribution in [0.25, 0.3) is 0 Å². The summed E-state index contributed by atoms with van der Waals surface area (Å²) in [5, 5.41) is 0. The van der Waals surface area contributed by atoms with Gasteiger partial charge >= 0.3 is 5.97 Å². The molecule has 0 N–H and O–H groups in total. The normalized spacial score (nSPS) is 14.9. The highest BCUT2D eigenvalue weighted by molar-refractivity contribution is 7.89. The molecule has 2 rings (SSSR count). The Hall–Kier alpha value is -1.97. The van der Waals surface area contributed by atoms with Crippen LogP contribution in [0, 0.1) is 0 Å². The summed E-state index contributed by atoms with van der Waals surface area (Å²) < 4.78 is 36.5. The molecule has 1 aliphatic heterocycles. The predicted octanol–water partition coefficient (Wildman–Crippen LogP) is 1.12. The molecular weight excluding hydrogens is 372 g/mol. The van der Waals surface area contributed by atoms with E-state index in [0.717, 1.165) is 12.8 Å². The van der Waals surface area contributed by atoms with Gasteiger partial charge in [0, 0.05) is 32.3 Å². The van der Waals surface area contributed by atoms with Crippen molar-refractivity contribution in [2.24, 2.45) is 0 Å². The minimum Gasteiger partial charge on any atom is -0.465 e. The fraction of sp³-hybridized carbons (Fsp3) is 0.556. The molecule has 0 aromatic heterocycles. The molecule has 1 aliphatic rings. The molecule has 1 aromatic rings. The summed E-state index contributed by atoms with van der Waals surface area (Å²) in [6.07, 6.45) is 1.72. The second-order valence-corrected chi connectivity index (χ2v) is 8.10. The van der Waals surface area contributed by atoms with Crippen LogP contribution in [0.3, 0.4) is 0 Å². The third-order valence-electron chi connectivity index (χ3n) is 4.28. The van der Waals surface area contributed by atoms with Crippen LogP contribution >= 0.6 is 0 Å². The van der Waals surface area contributed by atoms with Crippen molar-refractivity contribution in [1.29, 1.82) is 0 Å². The number of sulfonamides is 1. The van der Waals surface area contributed by atoms with E-state index < -0.39 is 16.0 Å². The Balaban J connectivity index is 2.14. The van der Waals surface area contributed by atoms with Crippen molar-refractivity contribution < 1.29 is 27.5 Å². The molecule has 0 bridgehead atoms. The summed E-state index contributed by atoms with van der Waals surface area (Å²) in [4.78, 5) is 25.9. The van der Waals surface area contributed by atoms with E-state index in [0.29, 0.717) is 18.7 Å². The van der Waals surface area contributed by atoms with Crippen LogP contribution in [-0.2, 0) is 24.3 Å². The van der Waals surface area contributed by atoms with Crippen LogP contribution in [0.15, 0.2) is 29.2 Å². The molecule has 0 spiro atoms. The Morgan fingerprint density at radius 3 is 2.33 bits per heavy atom. The van der Waals surface area contributed by atoms with E-state index in [9.17, 15) is 18.0 Å². The average Bonchev–Trinajstić information content (AvgIpc) is 3.20. The van der Waals surface area contributed by atoms with Gasteiger partial charge in [-0.15, -0.1) is 0 Å². The average molecular weight is 398 g/mol. The summed E-state index contributed by atoms with van der Waals surface area (Å²) in [7, 11) is -2.02. The van der Waals surface area contributed by atoms with E-state index >= 15 is 0 Å². The maximum absolute atomic E-state index is 12.7. The summed E-state index contributed by atoms with van der Waals surface area (Å²) in [6, 6.07) is 5.80. The van der Waals surface area contributed by atoms with E-state index in [1.165, 1.54) is 40.6 Å². The van der Waals surface area contributed by atoms with Crippen molar-refractivity contribution in [1.82, 2.24) is 9.21 Å². The highest BCUT2D eigenvalue weighted by Gasteiger charge is 2.27. The molecule has 0 radical (unpaired) electrons. The zero-order valence-electron chi connectivity index (χ0n) is 15.7. The van der Waals surface area contributed by atoms with Crippen molar-refractivity contribution in [3.8, 4) is 0 Å². The van der Waals surface area contributed by atoms with Gasteiger partial charge in [-0.3, -0.25) is 9.59 Å². The smallest absolute Gasteiger partial charge is 0.325 e. The minimum absolute atomic E-state index is 0.162. The van der Waals surface area contributed by atoms with Crippen LogP contribution in [0.4, 0.5) is 0 Å². The maximum atomic E-state index is 12.7. The predicted molar refractivity (Wildman–Crippen MR) is 98.8 cm³/mol. The molecule has 150 valence electrons. The summed E-state index contributed by atoms with van der Waals surface area (Å²) in [5.41, 5.74) is 0.302. The second kappa shape index (κ2) is 9.82. The number of hydrogen-bond acceptors (Lipinski definition) is 6. The number of amides is 1. The first-order valence-corrected chi connectivity index (χ1v) is 10.4. The van der Waals surface area contributed by atoms with Crippen molar-refractivity contribution >= 4 is 21.9 Å². The Morgan fingerprint density at radius 1 is 1.15 bits per heavy atom. The van der Waals surface area contributed by atoms with Crippen molar-refractivity contribution in [3.05, 3.63) is 29.8 Å². The molecular formula is C18H26N2O6S. The number of esters is 1. The van der Waals surface area contributed by atoms with Crippen LogP contribution < -0.4 is 0 Å². The van der Waals surface area contributed by atoms with E-state index in [1.807, 2.05) is 0 Å². The quantitative estimate of drug-likeness (QED) is 0.579. The van der Waals surface area contributed by atoms with Gasteiger partial charge in [0.25, 0.3) is 5.91 Å². The Bertz CT molecular complexity index is 742. The van der Waals surface area contributed by atoms with Gasteiger partial charge in [0.2, 0.25) is 10.0 Å². The number of benzene rings is 1. The van der Waals surface area contributed by atoms with Crippen molar-refractivity contribution in [2.75, 3.05) is 46.5 Å². The highest BCUT2D eigenvalue weighted by atomic mass is 32.2. The molecule has 1 fully saturated rings. The van der Waals surface area contributed by atoms with Gasteiger partial charge < -0.3 is 14.4 Å². The molecule has 1 amide bonds. The van der Waals surface area contributed by atoms with Gasteiger partial charge in [0.15, 0.2) is 0 Å². The summed E-state index contributed by atoms with van der Waals surface area (Å²) in [5.74, 6) is -0.889. The molecule has 27 heavy (non-hydrogen) atoms.